The number of rotatable bonds is 1. The van der Waals surface area contributed by atoms with Crippen molar-refractivity contribution in [2.45, 2.75) is 0 Å². The van der Waals surface area contributed by atoms with Crippen LogP contribution in [0, 0.1) is 0 Å². The van der Waals surface area contributed by atoms with Gasteiger partial charge in [-0.25, -0.2) is 0 Å². The lowest BCUT2D eigenvalue weighted by Gasteiger charge is -2.22. The van der Waals surface area contributed by atoms with Crippen LogP contribution in [0.5, 0.6) is 0 Å². The molecule has 1 aliphatic rings. The van der Waals surface area contributed by atoms with Crippen molar-refractivity contribution in [1.29, 1.82) is 0 Å². The van der Waals surface area contributed by atoms with Crippen LogP contribution in [-0.2, 0) is 4.74 Å². The first kappa shape index (κ1) is 9.71. The summed E-state index contributed by atoms with van der Waals surface area (Å²) in [6.45, 7) is 3.23. The highest BCUT2D eigenvalue weighted by Gasteiger charge is 2.05. The minimum Gasteiger partial charge on any atom is -0.388 e. The summed E-state index contributed by atoms with van der Waals surface area (Å²) in [6.07, 6.45) is 1.31. The van der Waals surface area contributed by atoms with Gasteiger partial charge in [0.25, 0.3) is 0 Å². The van der Waals surface area contributed by atoms with E-state index in [1.807, 2.05) is 5.01 Å². The van der Waals surface area contributed by atoms with E-state index in [9.17, 15) is 0 Å². The van der Waals surface area contributed by atoms with Gasteiger partial charge in [-0.3, -0.25) is 5.01 Å². The molecule has 10 heavy (non-hydrogen) atoms. The summed E-state index contributed by atoms with van der Waals surface area (Å²) in [5.41, 5.74) is 5.09. The SMILES string of the molecule is Br.NC=NN1CCOCC1. The Bertz CT molecular complexity index is 103. The molecule has 1 rings (SSSR count). The molecule has 0 unspecified atom stereocenters. The van der Waals surface area contributed by atoms with E-state index < -0.39 is 0 Å². The molecule has 0 saturated carbocycles. The number of nitrogens with two attached hydrogens (primary N) is 1. The van der Waals surface area contributed by atoms with Crippen molar-refractivity contribution in [2.75, 3.05) is 26.3 Å². The van der Waals surface area contributed by atoms with Crippen LogP contribution in [0.25, 0.3) is 0 Å². The molecule has 1 heterocycles. The summed E-state index contributed by atoms with van der Waals surface area (Å²) < 4.78 is 5.09. The van der Waals surface area contributed by atoms with Crippen LogP contribution < -0.4 is 5.73 Å². The van der Waals surface area contributed by atoms with E-state index >= 15 is 0 Å². The zero-order valence-corrected chi connectivity index (χ0v) is 7.41. The Morgan fingerprint density at radius 2 is 2.00 bits per heavy atom. The van der Waals surface area contributed by atoms with Crippen molar-refractivity contribution in [3.05, 3.63) is 0 Å². The first-order valence-electron chi connectivity index (χ1n) is 3.00. The molecule has 0 spiro atoms. The number of hydrazone groups is 1. The predicted octanol–water partition coefficient (Wildman–Crippen LogP) is -0.202. The van der Waals surface area contributed by atoms with Crippen LogP contribution in [0.2, 0.25) is 0 Å². The molecule has 0 radical (unpaired) electrons. The maximum Gasteiger partial charge on any atom is 0.106 e. The smallest absolute Gasteiger partial charge is 0.106 e. The molecule has 4 nitrogen and oxygen atoms in total. The van der Waals surface area contributed by atoms with Crippen molar-refractivity contribution in [1.82, 2.24) is 5.01 Å². The first-order chi connectivity index (χ1) is 4.43. The number of morpholine rings is 1. The van der Waals surface area contributed by atoms with Gasteiger partial charge in [-0.2, -0.15) is 5.10 Å². The average molecular weight is 210 g/mol. The minimum absolute atomic E-state index is 0. The largest absolute Gasteiger partial charge is 0.388 e. The second-order valence-corrected chi connectivity index (χ2v) is 1.83. The highest BCUT2D eigenvalue weighted by molar-refractivity contribution is 8.93. The van der Waals surface area contributed by atoms with E-state index in [-0.39, 0.29) is 17.0 Å². The third-order valence-corrected chi connectivity index (χ3v) is 1.22. The Labute approximate surface area is 70.8 Å². The number of ether oxygens (including phenoxy) is 1. The number of hydrogen-bond acceptors (Lipinski definition) is 3. The average Bonchev–Trinajstić information content (AvgIpc) is 1.91. The van der Waals surface area contributed by atoms with Crippen LogP contribution in [0.1, 0.15) is 0 Å². The van der Waals surface area contributed by atoms with Gasteiger partial charge in [-0.15, -0.1) is 17.0 Å². The molecule has 0 aromatic rings. The standard InChI is InChI=1S/C5H11N3O.BrH/c6-5-7-8-1-3-9-4-2-8;/h5H,1-4H2,(H2,6,7);1H. The quantitative estimate of drug-likeness (QED) is 0.481. The van der Waals surface area contributed by atoms with Gasteiger partial charge in [0.05, 0.1) is 26.3 Å². The van der Waals surface area contributed by atoms with Crippen LogP contribution in [-0.4, -0.2) is 37.7 Å². The molecule has 0 aliphatic carbocycles. The van der Waals surface area contributed by atoms with Crippen molar-refractivity contribution in [2.24, 2.45) is 10.8 Å². The van der Waals surface area contributed by atoms with Gasteiger partial charge in [0.1, 0.15) is 6.34 Å². The van der Waals surface area contributed by atoms with Gasteiger partial charge in [-0.1, -0.05) is 0 Å². The predicted molar refractivity (Wildman–Crippen MR) is 45.4 cm³/mol. The topological polar surface area (TPSA) is 50.8 Å². The minimum atomic E-state index is 0. The molecule has 0 aromatic carbocycles. The molecule has 0 aromatic heterocycles. The summed E-state index contributed by atoms with van der Waals surface area (Å²) in [6, 6.07) is 0. The molecular formula is C5H12BrN3O. The van der Waals surface area contributed by atoms with E-state index in [4.69, 9.17) is 10.5 Å². The lowest BCUT2D eigenvalue weighted by atomic mass is 10.5. The van der Waals surface area contributed by atoms with E-state index in [0.717, 1.165) is 26.3 Å². The summed E-state index contributed by atoms with van der Waals surface area (Å²) in [5, 5.41) is 5.78. The third kappa shape index (κ3) is 3.03. The second-order valence-electron chi connectivity index (χ2n) is 1.83. The third-order valence-electron chi connectivity index (χ3n) is 1.22. The maximum atomic E-state index is 5.09. The Kier molecular flexibility index (Phi) is 5.33. The van der Waals surface area contributed by atoms with Gasteiger partial charge in [0.2, 0.25) is 0 Å². The van der Waals surface area contributed by atoms with Gasteiger partial charge in [0, 0.05) is 0 Å². The molecule has 1 aliphatic heterocycles. The first-order valence-corrected chi connectivity index (χ1v) is 3.00. The van der Waals surface area contributed by atoms with Crippen molar-refractivity contribution in [3.8, 4) is 0 Å². The van der Waals surface area contributed by atoms with Gasteiger partial charge in [0.15, 0.2) is 0 Å². The van der Waals surface area contributed by atoms with Crippen LogP contribution >= 0.6 is 17.0 Å². The number of hydrogen-bond donors (Lipinski definition) is 1. The lowest BCUT2D eigenvalue weighted by molar-refractivity contribution is 0.0396. The Balaban J connectivity index is 0.000000810. The molecule has 60 valence electrons. The summed E-state index contributed by atoms with van der Waals surface area (Å²) >= 11 is 0. The van der Waals surface area contributed by atoms with Crippen LogP contribution in [0.3, 0.4) is 0 Å². The fourth-order valence-electron chi connectivity index (χ4n) is 0.763. The van der Waals surface area contributed by atoms with Crippen LogP contribution in [0.4, 0.5) is 0 Å². The molecule has 2 N–H and O–H groups in total. The van der Waals surface area contributed by atoms with Crippen molar-refractivity contribution >= 4 is 23.3 Å². The van der Waals surface area contributed by atoms with Gasteiger partial charge in [-0.05, 0) is 0 Å². The zero-order valence-electron chi connectivity index (χ0n) is 5.69. The Hall–Kier alpha value is -0.290. The van der Waals surface area contributed by atoms with Crippen molar-refractivity contribution in [3.63, 3.8) is 0 Å². The normalized spacial score (nSPS) is 19.0. The maximum absolute atomic E-state index is 5.09. The van der Waals surface area contributed by atoms with E-state index in [0.29, 0.717) is 0 Å². The molecule has 5 heteroatoms. The monoisotopic (exact) mass is 209 g/mol. The van der Waals surface area contributed by atoms with E-state index in [1.165, 1.54) is 6.34 Å². The van der Waals surface area contributed by atoms with Crippen LogP contribution in [0.15, 0.2) is 5.10 Å². The highest BCUT2D eigenvalue weighted by atomic mass is 79.9. The van der Waals surface area contributed by atoms with Gasteiger partial charge < -0.3 is 10.5 Å². The fraction of sp³-hybridized carbons (Fsp3) is 0.800. The van der Waals surface area contributed by atoms with E-state index in [1.54, 1.807) is 0 Å². The molecular weight excluding hydrogens is 198 g/mol. The second kappa shape index (κ2) is 5.49. The number of nitrogens with zero attached hydrogens (tertiary/aromatic N) is 2. The summed E-state index contributed by atoms with van der Waals surface area (Å²) in [7, 11) is 0. The van der Waals surface area contributed by atoms with Gasteiger partial charge >= 0.3 is 0 Å². The highest BCUT2D eigenvalue weighted by Crippen LogP contribution is 1.94. The summed E-state index contributed by atoms with van der Waals surface area (Å²) in [5.74, 6) is 0. The molecule has 1 fully saturated rings. The molecule has 1 saturated heterocycles. The van der Waals surface area contributed by atoms with Crippen molar-refractivity contribution < 1.29 is 4.74 Å². The molecule has 0 atom stereocenters. The Morgan fingerprint density at radius 1 is 1.40 bits per heavy atom. The lowest BCUT2D eigenvalue weighted by Crippen LogP contribution is -2.32. The zero-order chi connectivity index (χ0) is 6.53. The Morgan fingerprint density at radius 3 is 2.50 bits per heavy atom. The van der Waals surface area contributed by atoms with E-state index in [2.05, 4.69) is 5.10 Å². The fourth-order valence-corrected chi connectivity index (χ4v) is 0.763. The molecule has 0 amide bonds. The summed E-state index contributed by atoms with van der Waals surface area (Å²) in [4.78, 5) is 0. The number of halogens is 1. The molecule has 0 bridgehead atoms.